The second kappa shape index (κ2) is 8.39. The molecule has 0 spiro atoms. The van der Waals surface area contributed by atoms with E-state index in [9.17, 15) is 13.2 Å². The zero-order chi connectivity index (χ0) is 20.4. The molecule has 1 amide bonds. The molecule has 1 fully saturated rings. The standard InChI is InChI=1S/C19H19BrN4O3S2/c20-16-6-7-18(28-16)29(26,27)23-11-8-14(9-12-23)19(25)21-17-10-13-24(22-17)15-4-2-1-3-5-15/h1-7,10,13-14H,8-9,11-12H2,(H,21,22,25). The lowest BCUT2D eigenvalue weighted by atomic mass is 9.97. The summed E-state index contributed by atoms with van der Waals surface area (Å²) in [6.45, 7) is 0.656. The molecule has 29 heavy (non-hydrogen) atoms. The van der Waals surface area contributed by atoms with E-state index in [1.165, 1.54) is 15.6 Å². The van der Waals surface area contributed by atoms with Gasteiger partial charge in [-0.2, -0.15) is 9.40 Å². The molecule has 2 aromatic heterocycles. The number of para-hydroxylation sites is 1. The van der Waals surface area contributed by atoms with Crippen molar-refractivity contribution < 1.29 is 13.2 Å². The van der Waals surface area contributed by atoms with Crippen molar-refractivity contribution in [1.82, 2.24) is 14.1 Å². The van der Waals surface area contributed by atoms with Gasteiger partial charge in [0.1, 0.15) is 4.21 Å². The second-order valence-corrected chi connectivity index (χ2v) is 11.3. The molecule has 0 unspecified atom stereocenters. The molecule has 0 radical (unpaired) electrons. The summed E-state index contributed by atoms with van der Waals surface area (Å²) >= 11 is 4.50. The number of aromatic nitrogens is 2. The molecule has 3 aromatic rings. The van der Waals surface area contributed by atoms with Crippen molar-refractivity contribution in [1.29, 1.82) is 0 Å². The Bertz CT molecular complexity index is 1100. The maximum absolute atomic E-state index is 12.7. The number of carbonyl (C=O) groups is 1. The van der Waals surface area contributed by atoms with Crippen molar-refractivity contribution >= 4 is 49.0 Å². The third kappa shape index (κ3) is 4.45. The van der Waals surface area contributed by atoms with Crippen LogP contribution in [0.5, 0.6) is 0 Å². The van der Waals surface area contributed by atoms with Crippen LogP contribution in [-0.2, 0) is 14.8 Å². The highest BCUT2D eigenvalue weighted by Crippen LogP contribution is 2.31. The Morgan fingerprint density at radius 3 is 2.48 bits per heavy atom. The van der Waals surface area contributed by atoms with Gasteiger partial charge in [-0.25, -0.2) is 13.1 Å². The number of nitrogens with zero attached hydrogens (tertiary/aromatic N) is 3. The summed E-state index contributed by atoms with van der Waals surface area (Å²) in [5.74, 6) is 0.120. The van der Waals surface area contributed by atoms with Crippen LogP contribution in [0.4, 0.5) is 5.82 Å². The average molecular weight is 495 g/mol. The Morgan fingerprint density at radius 1 is 1.10 bits per heavy atom. The SMILES string of the molecule is O=C(Nc1ccn(-c2ccccc2)n1)C1CCN(S(=O)(=O)c2ccc(Br)s2)CC1. The van der Waals surface area contributed by atoms with Gasteiger partial charge in [0.2, 0.25) is 5.91 Å². The van der Waals surface area contributed by atoms with E-state index in [1.54, 1.807) is 29.1 Å². The molecular formula is C19H19BrN4O3S2. The predicted octanol–water partition coefficient (Wildman–Crippen LogP) is 3.74. The molecule has 1 saturated heterocycles. The number of anilines is 1. The quantitative estimate of drug-likeness (QED) is 0.585. The third-order valence-electron chi connectivity index (χ3n) is 4.83. The molecule has 0 bridgehead atoms. The van der Waals surface area contributed by atoms with Gasteiger partial charge in [-0.1, -0.05) is 18.2 Å². The van der Waals surface area contributed by atoms with Crippen LogP contribution in [0.3, 0.4) is 0 Å². The Labute approximate surface area is 181 Å². The van der Waals surface area contributed by atoms with Gasteiger partial charge in [0.25, 0.3) is 10.0 Å². The van der Waals surface area contributed by atoms with Crippen LogP contribution in [-0.4, -0.2) is 41.5 Å². The molecule has 1 aliphatic rings. The van der Waals surface area contributed by atoms with E-state index in [4.69, 9.17) is 0 Å². The van der Waals surface area contributed by atoms with Gasteiger partial charge in [0.05, 0.1) is 9.47 Å². The first kappa shape index (κ1) is 20.3. The molecule has 7 nitrogen and oxygen atoms in total. The molecule has 1 N–H and O–H groups in total. The topological polar surface area (TPSA) is 84.3 Å². The Hall–Kier alpha value is -2.01. The van der Waals surface area contributed by atoms with Crippen molar-refractivity contribution in [3.63, 3.8) is 0 Å². The van der Waals surface area contributed by atoms with E-state index in [0.29, 0.717) is 36.0 Å². The monoisotopic (exact) mass is 494 g/mol. The van der Waals surface area contributed by atoms with E-state index >= 15 is 0 Å². The molecule has 152 valence electrons. The van der Waals surface area contributed by atoms with Crippen LogP contribution < -0.4 is 5.32 Å². The summed E-state index contributed by atoms with van der Waals surface area (Å²) in [6.07, 6.45) is 2.76. The number of hydrogen-bond donors (Lipinski definition) is 1. The maximum Gasteiger partial charge on any atom is 0.252 e. The minimum Gasteiger partial charge on any atom is -0.309 e. The smallest absolute Gasteiger partial charge is 0.252 e. The number of sulfonamides is 1. The second-order valence-electron chi connectivity index (χ2n) is 6.71. The number of halogens is 1. The number of thiophene rings is 1. The zero-order valence-electron chi connectivity index (χ0n) is 15.4. The van der Waals surface area contributed by atoms with Crippen LogP contribution in [0.25, 0.3) is 5.69 Å². The van der Waals surface area contributed by atoms with Gasteiger partial charge in [-0.15, -0.1) is 11.3 Å². The van der Waals surface area contributed by atoms with Crippen molar-refractivity contribution in [3.05, 3.63) is 58.5 Å². The lowest BCUT2D eigenvalue weighted by Crippen LogP contribution is -2.41. The Balaban J connectivity index is 1.35. The minimum absolute atomic E-state index is 0.126. The van der Waals surface area contributed by atoms with Crippen LogP contribution in [0.1, 0.15) is 12.8 Å². The molecule has 1 aliphatic heterocycles. The van der Waals surface area contributed by atoms with Gasteiger partial charge in [-0.3, -0.25) is 4.79 Å². The first-order valence-corrected chi connectivity index (χ1v) is 12.2. The molecular weight excluding hydrogens is 476 g/mol. The average Bonchev–Trinajstić information content (AvgIpc) is 3.38. The highest BCUT2D eigenvalue weighted by atomic mass is 79.9. The normalized spacial score (nSPS) is 16.0. The van der Waals surface area contributed by atoms with Crippen LogP contribution in [0.2, 0.25) is 0 Å². The first-order valence-electron chi connectivity index (χ1n) is 9.11. The fraction of sp³-hybridized carbons (Fsp3) is 0.263. The third-order valence-corrected chi connectivity index (χ3v) is 8.82. The molecule has 3 heterocycles. The molecule has 1 aromatic carbocycles. The number of benzene rings is 1. The summed E-state index contributed by atoms with van der Waals surface area (Å²) in [5, 5.41) is 7.23. The fourth-order valence-electron chi connectivity index (χ4n) is 3.27. The van der Waals surface area contributed by atoms with Gasteiger partial charge in [0.15, 0.2) is 5.82 Å². The van der Waals surface area contributed by atoms with Crippen LogP contribution in [0, 0.1) is 5.92 Å². The van der Waals surface area contributed by atoms with E-state index in [-0.39, 0.29) is 11.8 Å². The number of rotatable bonds is 5. The van der Waals surface area contributed by atoms with Gasteiger partial charge in [-0.05, 0) is 53.0 Å². The summed E-state index contributed by atoms with van der Waals surface area (Å²) < 4.78 is 29.7. The molecule has 0 atom stereocenters. The van der Waals surface area contributed by atoms with Gasteiger partial charge >= 0.3 is 0 Å². The highest BCUT2D eigenvalue weighted by Gasteiger charge is 2.33. The molecule has 10 heteroatoms. The van der Waals surface area contributed by atoms with Crippen molar-refractivity contribution in [3.8, 4) is 5.69 Å². The summed E-state index contributed by atoms with van der Waals surface area (Å²) in [5.41, 5.74) is 0.909. The lowest BCUT2D eigenvalue weighted by molar-refractivity contribution is -0.120. The number of hydrogen-bond acceptors (Lipinski definition) is 5. The number of nitrogens with one attached hydrogen (secondary N) is 1. The van der Waals surface area contributed by atoms with E-state index in [0.717, 1.165) is 9.47 Å². The summed E-state index contributed by atoms with van der Waals surface area (Å²) in [4.78, 5) is 12.6. The predicted molar refractivity (Wildman–Crippen MR) is 116 cm³/mol. The van der Waals surface area contributed by atoms with Crippen molar-refractivity contribution in [2.75, 3.05) is 18.4 Å². The fourth-order valence-corrected chi connectivity index (χ4v) is 6.90. The molecule has 0 saturated carbocycles. The Morgan fingerprint density at radius 2 is 1.83 bits per heavy atom. The first-order chi connectivity index (χ1) is 13.9. The van der Waals surface area contributed by atoms with Gasteiger partial charge < -0.3 is 5.32 Å². The largest absolute Gasteiger partial charge is 0.309 e. The van der Waals surface area contributed by atoms with E-state index in [1.807, 2.05) is 30.3 Å². The number of piperidine rings is 1. The minimum atomic E-state index is -3.50. The van der Waals surface area contributed by atoms with Crippen LogP contribution >= 0.6 is 27.3 Å². The van der Waals surface area contributed by atoms with E-state index < -0.39 is 10.0 Å². The zero-order valence-corrected chi connectivity index (χ0v) is 18.6. The lowest BCUT2D eigenvalue weighted by Gasteiger charge is -2.29. The van der Waals surface area contributed by atoms with Crippen LogP contribution in [0.15, 0.2) is 62.7 Å². The summed E-state index contributed by atoms with van der Waals surface area (Å²) in [7, 11) is -3.50. The van der Waals surface area contributed by atoms with Crippen molar-refractivity contribution in [2.24, 2.45) is 5.92 Å². The number of carbonyl (C=O) groups excluding carboxylic acids is 1. The molecule has 0 aliphatic carbocycles. The highest BCUT2D eigenvalue weighted by molar-refractivity contribution is 9.11. The maximum atomic E-state index is 12.7. The number of amides is 1. The summed E-state index contributed by atoms with van der Waals surface area (Å²) in [6, 6.07) is 14.7. The van der Waals surface area contributed by atoms with Gasteiger partial charge in [0, 0.05) is 31.3 Å². The Kier molecular flexibility index (Phi) is 5.86. The van der Waals surface area contributed by atoms with E-state index in [2.05, 4.69) is 26.3 Å². The van der Waals surface area contributed by atoms with Crippen molar-refractivity contribution in [2.45, 2.75) is 17.1 Å². The molecule has 4 rings (SSSR count).